The van der Waals surface area contributed by atoms with Gasteiger partial charge < -0.3 is 30.4 Å². The molecule has 0 radical (unpaired) electrons. The minimum Gasteiger partial charge on any atom is -0.443 e. The quantitative estimate of drug-likeness (QED) is 0.357. The second-order valence-electron chi connectivity index (χ2n) is 8.72. The van der Waals surface area contributed by atoms with Gasteiger partial charge in [-0.25, -0.2) is 13.2 Å². The van der Waals surface area contributed by atoms with Crippen molar-refractivity contribution < 1.29 is 47.6 Å². The maximum atomic E-state index is 14.0. The maximum Gasteiger partial charge on any atom is 0.407 e. The van der Waals surface area contributed by atoms with Gasteiger partial charge in [0.25, 0.3) is 0 Å². The highest BCUT2D eigenvalue weighted by molar-refractivity contribution is 7.89. The molecule has 0 aromatic heterocycles. The van der Waals surface area contributed by atoms with Gasteiger partial charge in [0, 0.05) is 32.4 Å². The topological polar surface area (TPSA) is 140 Å². The van der Waals surface area contributed by atoms with Crippen LogP contribution in [0.25, 0.3) is 0 Å². The number of fused-ring (bicyclic) bond motifs is 1. The van der Waals surface area contributed by atoms with E-state index in [4.69, 9.17) is 35.0 Å². The summed E-state index contributed by atoms with van der Waals surface area (Å²) in [6, 6.07) is 10.8. The van der Waals surface area contributed by atoms with Crippen LogP contribution in [-0.4, -0.2) is 74.7 Å². The molecule has 5 atom stereocenters. The molecule has 1 amide bonds. The number of hydrogen-bond donors (Lipinski definition) is 3. The Kier molecular flexibility index (Phi) is 5.59. The Labute approximate surface area is 239 Å². The fourth-order valence-electron chi connectivity index (χ4n) is 4.09. The third-order valence-electron chi connectivity index (χ3n) is 5.99. The first-order valence-corrected chi connectivity index (χ1v) is 13.2. The lowest BCUT2D eigenvalue weighted by Gasteiger charge is -2.31. The minimum atomic E-state index is -5.25. The lowest BCUT2D eigenvalue weighted by Crippen LogP contribution is -2.51. The average Bonchev–Trinajstić information content (AvgIpc) is 3.42. The number of carbonyl (C=O) groups excluding carboxylic acids is 1. The van der Waals surface area contributed by atoms with E-state index in [9.17, 15) is 18.3 Å². The van der Waals surface area contributed by atoms with Crippen molar-refractivity contribution in [2.24, 2.45) is 11.8 Å². The van der Waals surface area contributed by atoms with Crippen LogP contribution in [0.15, 0.2) is 59.5 Å². The van der Waals surface area contributed by atoms with Crippen LogP contribution in [0.4, 0.5) is 10.5 Å². The molecule has 2 aliphatic heterocycles. The third kappa shape index (κ3) is 7.03. The molecule has 2 saturated heterocycles. The van der Waals surface area contributed by atoms with Crippen molar-refractivity contribution in [2.45, 2.75) is 56.0 Å². The van der Waals surface area contributed by atoms with Crippen molar-refractivity contribution in [1.29, 1.82) is 0 Å². The Balaban J connectivity index is 1.74. The van der Waals surface area contributed by atoms with Gasteiger partial charge in [0.15, 0.2) is 6.27 Å². The molecule has 2 fully saturated rings. The first-order chi connectivity index (χ1) is 22.4. The van der Waals surface area contributed by atoms with Crippen molar-refractivity contribution in [3.63, 3.8) is 0 Å². The molecule has 4 rings (SSSR count). The molecule has 2 aromatic carbocycles. The van der Waals surface area contributed by atoms with E-state index < -0.39 is 84.1 Å². The molecule has 4 N–H and O–H groups in total. The first-order valence-electron chi connectivity index (χ1n) is 17.3. The summed E-state index contributed by atoms with van der Waals surface area (Å²) in [5.41, 5.74) is 6.26. The van der Waals surface area contributed by atoms with E-state index in [-0.39, 0.29) is 36.0 Å². The number of hydrogen-bond acceptors (Lipinski definition) is 8. The van der Waals surface area contributed by atoms with Gasteiger partial charge in [-0.2, -0.15) is 4.31 Å². The highest BCUT2D eigenvalue weighted by atomic mass is 32.2. The van der Waals surface area contributed by atoms with Crippen LogP contribution < -0.4 is 11.1 Å². The van der Waals surface area contributed by atoms with Crippen LogP contribution in [0.1, 0.15) is 40.8 Å². The number of anilines is 1. The van der Waals surface area contributed by atoms with Gasteiger partial charge in [0.05, 0.1) is 37.5 Å². The molecular weight excluding hydrogens is 510 g/mol. The van der Waals surface area contributed by atoms with E-state index in [0.717, 1.165) is 24.3 Å². The fraction of sp³-hybridized carbons (Fsp3) is 0.519. The van der Waals surface area contributed by atoms with Crippen LogP contribution in [0.3, 0.4) is 0 Å². The summed E-state index contributed by atoms with van der Waals surface area (Å²) < 4.78 is 134. The second kappa shape index (κ2) is 12.4. The number of rotatable bonds is 11. The van der Waals surface area contributed by atoms with Gasteiger partial charge in [0.1, 0.15) is 6.10 Å². The number of aliphatic hydroxyl groups is 1. The van der Waals surface area contributed by atoms with Gasteiger partial charge in [-0.3, -0.25) is 0 Å². The Morgan fingerprint density at radius 2 is 2.03 bits per heavy atom. The second-order valence-corrected chi connectivity index (χ2v) is 10.6. The largest absolute Gasteiger partial charge is 0.443 e. The smallest absolute Gasteiger partial charge is 0.407 e. The number of alkyl carbamates (subject to hydrolysis) is 1. The SMILES string of the molecule is [2H]C([2H])([2H])C([2H])(C([2H])([2H])[2H])C([2H])([2H])N(C[C@@H](O)[C@H](Cc1ccccc1)NC(=O)O[C@H]1CO[C@@]2([2H])OCC[C@@]12[2H])S(=O)(=O)c1ccc(N)cc1. The number of carbonyl (C=O) groups is 1. The van der Waals surface area contributed by atoms with Gasteiger partial charge in [-0.15, -0.1) is 0 Å². The van der Waals surface area contributed by atoms with Gasteiger partial charge in [0.2, 0.25) is 10.0 Å². The molecule has 0 bridgehead atoms. The Bertz CT molecular complexity index is 1590. The summed E-state index contributed by atoms with van der Waals surface area (Å²) >= 11 is 0. The molecule has 0 aliphatic carbocycles. The van der Waals surface area contributed by atoms with Crippen LogP contribution >= 0.6 is 0 Å². The van der Waals surface area contributed by atoms with Crippen molar-refractivity contribution in [1.82, 2.24) is 9.62 Å². The summed E-state index contributed by atoms with van der Waals surface area (Å²) in [6.07, 6.45) is -6.94. The molecule has 2 heterocycles. The molecule has 11 heteroatoms. The van der Waals surface area contributed by atoms with Gasteiger partial charge >= 0.3 is 6.09 Å². The molecule has 0 unspecified atom stereocenters. The van der Waals surface area contributed by atoms with Crippen molar-refractivity contribution in [3.8, 4) is 0 Å². The first kappa shape index (κ1) is 17.1. The van der Waals surface area contributed by atoms with E-state index in [0.29, 0.717) is 5.56 Å². The molecule has 38 heavy (non-hydrogen) atoms. The summed E-state index contributed by atoms with van der Waals surface area (Å²) in [5.74, 6) is -5.88. The molecule has 0 saturated carbocycles. The number of benzene rings is 2. The number of nitrogens with one attached hydrogen (secondary N) is 1. The number of sulfonamides is 1. The zero-order valence-electron chi connectivity index (χ0n) is 31.3. The number of nitrogens with two attached hydrogens (primary N) is 1. The normalized spacial score (nSPS) is 32.3. The average molecular weight is 559 g/mol. The van der Waals surface area contributed by atoms with E-state index in [1.54, 1.807) is 30.3 Å². The van der Waals surface area contributed by atoms with Crippen molar-refractivity contribution in [3.05, 3.63) is 60.2 Å². The number of nitrogen functional groups attached to an aromatic ring is 1. The molecule has 208 valence electrons. The molecular formula is C27H37N3O7S. The van der Waals surface area contributed by atoms with Crippen molar-refractivity contribution in [2.75, 3.05) is 32.0 Å². The van der Waals surface area contributed by atoms with E-state index in [2.05, 4.69) is 5.32 Å². The molecule has 0 spiro atoms. The number of nitrogens with zero attached hydrogens (tertiary/aromatic N) is 1. The van der Waals surface area contributed by atoms with E-state index >= 15 is 0 Å². The summed E-state index contributed by atoms with van der Waals surface area (Å²) in [6.45, 7) is -13.6. The predicted molar refractivity (Wildman–Crippen MR) is 142 cm³/mol. The fourth-order valence-corrected chi connectivity index (χ4v) is 5.39. The summed E-state index contributed by atoms with van der Waals surface area (Å²) in [4.78, 5) is 12.5. The molecule has 10 nitrogen and oxygen atoms in total. The third-order valence-corrected chi connectivity index (χ3v) is 7.68. The minimum absolute atomic E-state index is 0.000586. The Morgan fingerprint density at radius 3 is 2.74 bits per heavy atom. The number of ether oxygens (including phenoxy) is 3. The maximum absolute atomic E-state index is 14.0. The van der Waals surface area contributed by atoms with Crippen molar-refractivity contribution >= 4 is 21.8 Å². The highest BCUT2D eigenvalue weighted by Gasteiger charge is 2.44. The van der Waals surface area contributed by atoms with Gasteiger partial charge in [-0.05, 0) is 48.6 Å². The predicted octanol–water partition coefficient (Wildman–Crippen LogP) is 2.38. The standard InChI is InChI=1S/C27H37N3O7S/c1-18(2)15-30(38(33,34)21-10-8-20(28)9-11-21)16-24(31)23(14-19-6-4-3-5-7-19)29-27(32)37-25-17-36-26-22(25)12-13-35-26/h3-11,18,22-26,31H,12-17,28H2,1-2H3,(H,29,32)/t22-,23-,24+,25-,26+/m0/s1/i1D3,2D3,15D2,18D,22D,26D. The monoisotopic (exact) mass is 558 g/mol. The highest BCUT2D eigenvalue weighted by Crippen LogP contribution is 2.33. The Morgan fingerprint density at radius 1 is 1.29 bits per heavy atom. The van der Waals surface area contributed by atoms with E-state index in [1.807, 2.05) is 0 Å². The Hall–Kier alpha value is -2.70. The van der Waals surface area contributed by atoms with Crippen LogP contribution in [-0.2, 0) is 30.7 Å². The summed E-state index contributed by atoms with van der Waals surface area (Å²) in [7, 11) is -5.25. The lowest BCUT2D eigenvalue weighted by atomic mass is 10.0. The zero-order valence-corrected chi connectivity index (χ0v) is 21.1. The van der Waals surface area contributed by atoms with Crippen LogP contribution in [0.5, 0.6) is 0 Å². The number of amides is 1. The molecule has 2 aliphatic rings. The van der Waals surface area contributed by atoms with Crippen LogP contribution in [0, 0.1) is 11.8 Å². The summed E-state index contributed by atoms with van der Waals surface area (Å²) in [5, 5.41) is 13.9. The zero-order chi connectivity index (χ0) is 36.8. The molecule has 2 aromatic rings. The van der Waals surface area contributed by atoms with Gasteiger partial charge in [-0.1, -0.05) is 44.0 Å². The lowest BCUT2D eigenvalue weighted by molar-refractivity contribution is -0.0907. The number of aliphatic hydroxyl groups excluding tert-OH is 1. The van der Waals surface area contributed by atoms with Crippen LogP contribution in [0.2, 0.25) is 0 Å². The van der Waals surface area contributed by atoms with E-state index in [1.165, 1.54) is 0 Å².